The molecule has 1 atom stereocenters. The second-order valence-corrected chi connectivity index (χ2v) is 9.03. The zero-order chi connectivity index (χ0) is 22.6. The summed E-state index contributed by atoms with van der Waals surface area (Å²) in [5.74, 6) is 1.28. The molecule has 3 rings (SSSR count). The highest BCUT2D eigenvalue weighted by atomic mass is 32.2. The predicted molar refractivity (Wildman–Crippen MR) is 107 cm³/mol. The Bertz CT molecular complexity index is 1110. The second-order valence-electron chi connectivity index (χ2n) is 5.60. The fourth-order valence-corrected chi connectivity index (χ4v) is 4.63. The van der Waals surface area contributed by atoms with Gasteiger partial charge in [0.1, 0.15) is 15.9 Å². The highest BCUT2D eigenvalue weighted by Crippen LogP contribution is 2.38. The lowest BCUT2D eigenvalue weighted by Crippen LogP contribution is -2.08. The van der Waals surface area contributed by atoms with E-state index in [1.807, 2.05) is 0 Å². The molecule has 1 heterocycles. The highest BCUT2D eigenvalue weighted by Gasteiger charge is 2.38. The summed E-state index contributed by atoms with van der Waals surface area (Å²) in [4.78, 5) is 27.4. The number of hydrogen-bond donors (Lipinski definition) is 0. The van der Waals surface area contributed by atoms with E-state index >= 15 is 0 Å². The number of nitrogens with zero attached hydrogens (tertiary/aromatic N) is 3. The van der Waals surface area contributed by atoms with Gasteiger partial charge < -0.3 is 4.55 Å². The van der Waals surface area contributed by atoms with Gasteiger partial charge in [0.25, 0.3) is 5.69 Å². The summed E-state index contributed by atoms with van der Waals surface area (Å²) in [6.07, 6.45) is 0. The van der Waals surface area contributed by atoms with Gasteiger partial charge in [-0.2, -0.15) is 0 Å². The monoisotopic (exact) mass is 455 g/mol. The summed E-state index contributed by atoms with van der Waals surface area (Å²) >= 11 is 0. The Morgan fingerprint density at radius 2 is 1.40 bits per heavy atom. The molecule has 12 nitrogen and oxygen atoms in total. The smallest absolute Gasteiger partial charge is 0.300 e. The fraction of sp³-hybridized carbons (Fsp3) is 0.125. The molecule has 14 heteroatoms. The van der Waals surface area contributed by atoms with Crippen LogP contribution in [-0.4, -0.2) is 33.5 Å². The minimum atomic E-state index is -5.55. The van der Waals surface area contributed by atoms with Gasteiger partial charge in [0.15, 0.2) is 5.41 Å². The average molecular weight is 455 g/mol. The Kier molecular flexibility index (Phi) is 6.86. The molecule has 0 amide bonds. The molecule has 1 unspecified atom stereocenters. The third-order valence-electron chi connectivity index (χ3n) is 3.73. The molecule has 0 saturated carbocycles. The lowest BCUT2D eigenvalue weighted by molar-refractivity contribution is -0.407. The number of benzene rings is 2. The largest absolute Gasteiger partial charge is 0.744 e. The lowest BCUT2D eigenvalue weighted by atomic mass is 10.2. The van der Waals surface area contributed by atoms with Crippen molar-refractivity contribution < 1.29 is 27.7 Å². The Balaban J connectivity index is 0.000000244. The summed E-state index contributed by atoms with van der Waals surface area (Å²) in [7, 11) is -5.02. The van der Waals surface area contributed by atoms with Crippen molar-refractivity contribution in [1.29, 1.82) is 0 Å². The van der Waals surface area contributed by atoms with Crippen molar-refractivity contribution in [2.75, 3.05) is 5.75 Å². The lowest BCUT2D eigenvalue weighted by Gasteiger charge is -2.07. The van der Waals surface area contributed by atoms with Gasteiger partial charge in [0, 0.05) is 5.56 Å². The van der Waals surface area contributed by atoms with Crippen molar-refractivity contribution in [2.24, 2.45) is 0 Å². The molecular weight excluding hydrogens is 442 g/mol. The molecule has 0 aliphatic carbocycles. The summed E-state index contributed by atoms with van der Waals surface area (Å²) in [5.41, 5.74) is -2.70. The number of rotatable bonds is 6. The first-order valence-corrected chi connectivity index (χ1v) is 10.9. The van der Waals surface area contributed by atoms with Crippen molar-refractivity contribution in [1.82, 2.24) is 0 Å². The zero-order valence-electron chi connectivity index (χ0n) is 15.2. The zero-order valence-corrected chi connectivity index (χ0v) is 16.8. The first-order valence-electron chi connectivity index (χ1n) is 8.01. The molecule has 0 N–H and O–H groups in total. The predicted octanol–water partition coefficient (Wildman–Crippen LogP) is 2.95. The van der Waals surface area contributed by atoms with Crippen molar-refractivity contribution >= 4 is 43.0 Å². The first-order chi connectivity index (χ1) is 14.0. The Morgan fingerprint density at radius 3 is 1.73 bits per heavy atom. The molecule has 0 bridgehead atoms. The van der Waals surface area contributed by atoms with Crippen LogP contribution >= 0.6 is 0 Å². The van der Waals surface area contributed by atoms with Crippen molar-refractivity contribution in [3.8, 4) is 0 Å². The minimum absolute atomic E-state index is 0.164. The van der Waals surface area contributed by atoms with Gasteiger partial charge in [0.2, 0.25) is 9.80 Å². The molecule has 0 aromatic heterocycles. The van der Waals surface area contributed by atoms with Gasteiger partial charge in [0.05, 0.1) is 37.8 Å². The third-order valence-corrected chi connectivity index (χ3v) is 6.46. The van der Waals surface area contributed by atoms with E-state index in [1.165, 1.54) is 11.3 Å². The van der Waals surface area contributed by atoms with Gasteiger partial charge in [-0.1, -0.05) is 18.2 Å². The van der Waals surface area contributed by atoms with E-state index in [0.29, 0.717) is 10.9 Å². The average Bonchev–Trinajstić information content (AvgIpc) is 3.47. The maximum Gasteiger partial charge on any atom is 0.300 e. The normalized spacial score (nSPS) is 14.7. The topological polar surface area (TPSA) is 187 Å². The molecule has 2 aromatic carbocycles. The van der Waals surface area contributed by atoms with E-state index < -0.39 is 46.8 Å². The van der Waals surface area contributed by atoms with E-state index in [4.69, 9.17) is 0 Å². The second kappa shape index (κ2) is 8.98. The number of nitro benzene ring substituents is 3. The van der Waals surface area contributed by atoms with Crippen LogP contribution < -0.4 is 0 Å². The van der Waals surface area contributed by atoms with Crippen molar-refractivity contribution in [3.63, 3.8) is 0 Å². The van der Waals surface area contributed by atoms with Crippen LogP contribution in [0.1, 0.15) is 12.5 Å². The van der Waals surface area contributed by atoms with Gasteiger partial charge in [-0.3, -0.25) is 30.3 Å². The summed E-state index contributed by atoms with van der Waals surface area (Å²) in [5, 5.41) is 34.0. The molecule has 0 fully saturated rings. The Hall–Kier alpha value is -3.36. The molecule has 0 radical (unpaired) electrons. The van der Waals surface area contributed by atoms with Crippen LogP contribution in [0.25, 0.3) is 4.91 Å². The van der Waals surface area contributed by atoms with Crippen LogP contribution in [0.2, 0.25) is 0 Å². The van der Waals surface area contributed by atoms with Crippen LogP contribution in [-0.2, 0) is 21.0 Å². The van der Waals surface area contributed by atoms with Gasteiger partial charge in [-0.25, -0.2) is 8.42 Å². The van der Waals surface area contributed by atoms with Gasteiger partial charge >= 0.3 is 11.4 Å². The Labute approximate surface area is 172 Å². The molecular formula is C16H13N3O9S2. The minimum Gasteiger partial charge on any atom is -0.744 e. The Morgan fingerprint density at radius 1 is 0.900 bits per heavy atom. The fourth-order valence-electron chi connectivity index (χ4n) is 2.38. The van der Waals surface area contributed by atoms with Crippen LogP contribution in [0.15, 0.2) is 52.8 Å². The quantitative estimate of drug-likeness (QED) is 0.273. The number of nitro groups is 3. The molecule has 1 aliphatic rings. The SMILES string of the molecule is CC[S+]1C=C1c1ccccc1.O=[N+]([O-])c1cc([N+](=O)[O-])c(S(=O)(=O)[O-])c([N+](=O)[O-])c1. The van der Waals surface area contributed by atoms with Crippen LogP contribution in [0.3, 0.4) is 0 Å². The van der Waals surface area contributed by atoms with Crippen LogP contribution in [0.4, 0.5) is 17.1 Å². The molecule has 2 aromatic rings. The van der Waals surface area contributed by atoms with Crippen molar-refractivity contribution in [3.05, 3.63) is 83.8 Å². The standard InChI is InChI=1S/C10H11S.C6H3N3O9S/c1-2-11-8-10(11)9-6-4-3-5-7-9;10-7(11)3-1-4(8(12)13)6(19(16,17)18)5(2-3)9(14)15/h3-8H,2H2,1H3;1-2H,(H,16,17,18)/q+1;/p-1. The highest BCUT2D eigenvalue weighted by molar-refractivity contribution is 8.15. The van der Waals surface area contributed by atoms with E-state index in [9.17, 15) is 43.3 Å². The van der Waals surface area contributed by atoms with Crippen molar-refractivity contribution in [2.45, 2.75) is 11.8 Å². The van der Waals surface area contributed by atoms with Crippen LogP contribution in [0.5, 0.6) is 0 Å². The summed E-state index contributed by atoms with van der Waals surface area (Å²) in [6, 6.07) is 11.0. The molecule has 0 saturated heterocycles. The van der Waals surface area contributed by atoms with E-state index in [0.717, 1.165) is 0 Å². The third kappa shape index (κ3) is 5.37. The number of hydrogen-bond acceptors (Lipinski definition) is 9. The number of non-ortho nitro benzene ring substituents is 1. The van der Waals surface area contributed by atoms with Crippen LogP contribution in [0, 0.1) is 30.3 Å². The van der Waals surface area contributed by atoms with E-state index in [2.05, 4.69) is 42.7 Å². The molecule has 1 aliphatic heterocycles. The maximum absolute atomic E-state index is 10.8. The molecule has 0 spiro atoms. The van der Waals surface area contributed by atoms with Gasteiger partial charge in [-0.05, 0) is 19.1 Å². The van der Waals surface area contributed by atoms with E-state index in [1.54, 1.807) is 4.91 Å². The molecule has 158 valence electrons. The van der Waals surface area contributed by atoms with E-state index in [-0.39, 0.29) is 12.1 Å². The molecule has 30 heavy (non-hydrogen) atoms. The summed E-state index contributed by atoms with van der Waals surface area (Å²) < 4.78 is 32.5. The maximum atomic E-state index is 10.8. The summed E-state index contributed by atoms with van der Waals surface area (Å²) in [6.45, 7) is 2.25. The van der Waals surface area contributed by atoms with Gasteiger partial charge in [-0.15, -0.1) is 0 Å². The first kappa shape index (κ1) is 22.9.